The third kappa shape index (κ3) is 3.69. The Morgan fingerprint density at radius 1 is 1.11 bits per heavy atom. The molecule has 0 saturated carbocycles. The maximum atomic E-state index is 12.5. The number of nitro groups is 1. The number of aliphatic hydroxyl groups excluding tert-OH is 1. The second-order valence-electron chi connectivity index (χ2n) is 6.47. The van der Waals surface area contributed by atoms with Gasteiger partial charge in [-0.2, -0.15) is 0 Å². The summed E-state index contributed by atoms with van der Waals surface area (Å²) in [7, 11) is 0. The van der Waals surface area contributed by atoms with Gasteiger partial charge < -0.3 is 9.84 Å². The average Bonchev–Trinajstić information content (AvgIpc) is 2.68. The topological polar surface area (TPSA) is 89.7 Å². The lowest BCUT2D eigenvalue weighted by molar-refractivity contribution is -0.530. The van der Waals surface area contributed by atoms with Gasteiger partial charge in [-0.05, 0) is 18.1 Å². The molecule has 0 spiro atoms. The van der Waals surface area contributed by atoms with Crippen molar-refractivity contribution >= 4 is 5.97 Å². The Morgan fingerprint density at radius 2 is 1.67 bits per heavy atom. The highest BCUT2D eigenvalue weighted by atomic mass is 16.6. The van der Waals surface area contributed by atoms with Gasteiger partial charge in [-0.15, -0.1) is 0 Å². The number of benzene rings is 2. The Hall–Kier alpha value is -3.15. The third-order valence-electron chi connectivity index (χ3n) is 4.91. The monoisotopic (exact) mass is 367 g/mol. The molecule has 3 rings (SSSR count). The van der Waals surface area contributed by atoms with Crippen molar-refractivity contribution in [3.8, 4) is 0 Å². The number of carbonyl (C=O) groups is 1. The first-order valence-electron chi connectivity index (χ1n) is 8.87. The molecule has 0 saturated heterocycles. The largest absolute Gasteiger partial charge is 0.512 e. The van der Waals surface area contributed by atoms with Crippen LogP contribution in [0.3, 0.4) is 0 Å². The summed E-state index contributed by atoms with van der Waals surface area (Å²) < 4.78 is 5.09. The normalized spacial score (nSPS) is 22.3. The zero-order valence-electron chi connectivity index (χ0n) is 14.9. The van der Waals surface area contributed by atoms with Gasteiger partial charge in [0.15, 0.2) is 0 Å². The van der Waals surface area contributed by atoms with Crippen LogP contribution in [-0.4, -0.2) is 28.6 Å². The number of hydrogen-bond acceptors (Lipinski definition) is 5. The van der Waals surface area contributed by atoms with Crippen LogP contribution in [0.15, 0.2) is 72.0 Å². The molecule has 0 bridgehead atoms. The van der Waals surface area contributed by atoms with E-state index in [2.05, 4.69) is 0 Å². The number of allylic oxidation sites excluding steroid dienone is 1. The maximum Gasteiger partial charge on any atom is 0.338 e. The van der Waals surface area contributed by atoms with Crippen LogP contribution in [0, 0.1) is 10.1 Å². The fourth-order valence-corrected chi connectivity index (χ4v) is 3.78. The summed E-state index contributed by atoms with van der Waals surface area (Å²) in [5, 5.41) is 22.8. The molecule has 3 atom stereocenters. The van der Waals surface area contributed by atoms with E-state index in [0.717, 1.165) is 5.56 Å². The predicted molar refractivity (Wildman–Crippen MR) is 100 cm³/mol. The molecule has 1 aliphatic rings. The van der Waals surface area contributed by atoms with Crippen molar-refractivity contribution in [1.82, 2.24) is 0 Å². The van der Waals surface area contributed by atoms with E-state index in [-0.39, 0.29) is 29.3 Å². The van der Waals surface area contributed by atoms with E-state index in [1.54, 1.807) is 37.3 Å². The zero-order chi connectivity index (χ0) is 19.4. The third-order valence-corrected chi connectivity index (χ3v) is 4.91. The SMILES string of the molecule is CCOC(=O)C1=C(O)CC(c2ccccc2)[C@H]([N+](=O)[O-])[C@@H]1c1ccccc1. The molecule has 0 heterocycles. The molecule has 1 N–H and O–H groups in total. The molecule has 0 radical (unpaired) electrons. The van der Waals surface area contributed by atoms with E-state index in [0.29, 0.717) is 5.56 Å². The van der Waals surface area contributed by atoms with Crippen LogP contribution in [-0.2, 0) is 9.53 Å². The van der Waals surface area contributed by atoms with E-state index < -0.39 is 23.8 Å². The van der Waals surface area contributed by atoms with Gasteiger partial charge >= 0.3 is 5.97 Å². The first kappa shape index (κ1) is 18.6. The molecule has 1 unspecified atom stereocenters. The van der Waals surface area contributed by atoms with Crippen molar-refractivity contribution in [2.45, 2.75) is 31.2 Å². The van der Waals surface area contributed by atoms with Crippen molar-refractivity contribution in [2.24, 2.45) is 0 Å². The molecule has 0 amide bonds. The van der Waals surface area contributed by atoms with Gasteiger partial charge in [0.1, 0.15) is 5.76 Å². The summed E-state index contributed by atoms with van der Waals surface area (Å²) in [6, 6.07) is 16.8. The number of ether oxygens (including phenoxy) is 1. The summed E-state index contributed by atoms with van der Waals surface area (Å²) in [6.45, 7) is 1.79. The second-order valence-corrected chi connectivity index (χ2v) is 6.47. The lowest BCUT2D eigenvalue weighted by Gasteiger charge is -2.33. The molecular formula is C21H21NO5. The van der Waals surface area contributed by atoms with Crippen LogP contribution < -0.4 is 0 Å². The first-order valence-corrected chi connectivity index (χ1v) is 8.87. The van der Waals surface area contributed by atoms with Gasteiger partial charge in [0.05, 0.1) is 24.0 Å². The van der Waals surface area contributed by atoms with E-state index in [9.17, 15) is 20.0 Å². The van der Waals surface area contributed by atoms with Gasteiger partial charge in [-0.1, -0.05) is 60.7 Å². The van der Waals surface area contributed by atoms with Crippen molar-refractivity contribution in [2.75, 3.05) is 6.61 Å². The van der Waals surface area contributed by atoms with Crippen LogP contribution in [0.2, 0.25) is 0 Å². The summed E-state index contributed by atoms with van der Waals surface area (Å²) in [4.78, 5) is 24.3. The standard InChI is InChI=1S/C21H21NO5/c1-2-27-21(24)19-17(23)13-16(14-9-5-3-6-10-14)20(22(25)26)18(19)15-11-7-4-8-12-15/h3-12,16,18,20,23H,2,13H2,1H3/t16?,18-,20+/m1/s1. The van der Waals surface area contributed by atoms with E-state index in [1.807, 2.05) is 30.3 Å². The number of nitrogens with zero attached hydrogens (tertiary/aromatic N) is 1. The minimum atomic E-state index is -1.09. The fourth-order valence-electron chi connectivity index (χ4n) is 3.78. The highest BCUT2D eigenvalue weighted by Crippen LogP contribution is 2.45. The molecule has 6 nitrogen and oxygen atoms in total. The van der Waals surface area contributed by atoms with E-state index in [1.165, 1.54) is 0 Å². The molecule has 6 heteroatoms. The number of esters is 1. The van der Waals surface area contributed by atoms with Crippen LogP contribution in [0.25, 0.3) is 0 Å². The van der Waals surface area contributed by atoms with Crippen LogP contribution >= 0.6 is 0 Å². The Kier molecular flexibility index (Phi) is 5.54. The summed E-state index contributed by atoms with van der Waals surface area (Å²) in [5.74, 6) is -2.29. The van der Waals surface area contributed by atoms with Crippen LogP contribution in [0.1, 0.15) is 36.3 Å². The Bertz CT molecular complexity index is 847. The average molecular weight is 367 g/mol. The second kappa shape index (κ2) is 8.03. The minimum absolute atomic E-state index is 0.0167. The van der Waals surface area contributed by atoms with Gasteiger partial charge in [0.25, 0.3) is 0 Å². The molecule has 2 aromatic rings. The summed E-state index contributed by atoms with van der Waals surface area (Å²) in [6.07, 6.45) is 0.0210. The molecule has 1 aliphatic carbocycles. The van der Waals surface area contributed by atoms with Crippen molar-refractivity contribution in [3.63, 3.8) is 0 Å². The van der Waals surface area contributed by atoms with E-state index >= 15 is 0 Å². The molecule has 27 heavy (non-hydrogen) atoms. The zero-order valence-corrected chi connectivity index (χ0v) is 14.9. The summed E-state index contributed by atoms with van der Waals surface area (Å²) >= 11 is 0. The predicted octanol–water partition coefficient (Wildman–Crippen LogP) is 3.98. The van der Waals surface area contributed by atoms with Crippen molar-refractivity contribution < 1.29 is 19.6 Å². The smallest absolute Gasteiger partial charge is 0.338 e. The van der Waals surface area contributed by atoms with Gasteiger partial charge in [-0.25, -0.2) is 4.79 Å². The highest BCUT2D eigenvalue weighted by molar-refractivity contribution is 5.91. The molecular weight excluding hydrogens is 346 g/mol. The molecule has 140 valence electrons. The highest BCUT2D eigenvalue weighted by Gasteiger charge is 2.50. The molecule has 0 fully saturated rings. The number of hydrogen-bond donors (Lipinski definition) is 1. The Labute approximate surface area is 157 Å². The van der Waals surface area contributed by atoms with Crippen molar-refractivity contribution in [1.29, 1.82) is 0 Å². The molecule has 0 aliphatic heterocycles. The lowest BCUT2D eigenvalue weighted by Crippen LogP contribution is -2.40. The van der Waals surface area contributed by atoms with Gasteiger partial charge in [0.2, 0.25) is 6.04 Å². The molecule has 0 aromatic heterocycles. The Morgan fingerprint density at radius 3 is 2.19 bits per heavy atom. The number of carbonyl (C=O) groups excluding carboxylic acids is 1. The number of aliphatic hydroxyl groups is 1. The lowest BCUT2D eigenvalue weighted by atomic mass is 9.70. The quantitative estimate of drug-likeness (QED) is 0.490. The fraction of sp³-hybridized carbons (Fsp3) is 0.286. The van der Waals surface area contributed by atoms with Crippen molar-refractivity contribution in [3.05, 3.63) is 93.2 Å². The van der Waals surface area contributed by atoms with Crippen LogP contribution in [0.4, 0.5) is 0 Å². The summed E-state index contributed by atoms with van der Waals surface area (Å²) in [5.41, 5.74) is 1.35. The Balaban J connectivity index is 2.18. The van der Waals surface area contributed by atoms with Crippen LogP contribution in [0.5, 0.6) is 0 Å². The molecule has 2 aromatic carbocycles. The van der Waals surface area contributed by atoms with Gasteiger partial charge in [0, 0.05) is 11.3 Å². The number of rotatable bonds is 5. The van der Waals surface area contributed by atoms with Gasteiger partial charge in [-0.3, -0.25) is 10.1 Å². The maximum absolute atomic E-state index is 12.5. The minimum Gasteiger partial charge on any atom is -0.512 e. The first-order chi connectivity index (χ1) is 13.0. The van der Waals surface area contributed by atoms with E-state index in [4.69, 9.17) is 4.74 Å².